The molecule has 7 heteroatoms. The Morgan fingerprint density at radius 3 is 2.43 bits per heavy atom. The lowest BCUT2D eigenvalue weighted by atomic mass is 10.1. The number of carbonyl (C=O) groups is 1. The van der Waals surface area contributed by atoms with Gasteiger partial charge >= 0.3 is 5.97 Å². The molecule has 0 saturated carbocycles. The molecule has 14 heavy (non-hydrogen) atoms. The zero-order chi connectivity index (χ0) is 11.2. The van der Waals surface area contributed by atoms with Gasteiger partial charge in [-0.1, -0.05) is 13.3 Å². The maximum absolute atomic E-state index is 10.9. The first kappa shape index (κ1) is 13.3. The van der Waals surface area contributed by atoms with Gasteiger partial charge in [0.1, 0.15) is 0 Å². The maximum Gasteiger partial charge on any atom is 0.307 e. The molecule has 1 atom stereocenters. The van der Waals surface area contributed by atoms with Gasteiger partial charge in [0.25, 0.3) is 10.2 Å². The van der Waals surface area contributed by atoms with Crippen LogP contribution in [0.15, 0.2) is 0 Å². The summed E-state index contributed by atoms with van der Waals surface area (Å²) in [5, 5.41) is 8.72. The van der Waals surface area contributed by atoms with E-state index >= 15 is 0 Å². The average Bonchev–Trinajstić information content (AvgIpc) is 2.12. The summed E-state index contributed by atoms with van der Waals surface area (Å²) in [7, 11) is -2.27. The Bertz CT molecular complexity index is 275. The molecule has 0 spiro atoms. The van der Waals surface area contributed by atoms with Crippen molar-refractivity contribution in [1.29, 1.82) is 0 Å². The van der Waals surface area contributed by atoms with Crippen LogP contribution in [0.5, 0.6) is 0 Å². The lowest BCUT2D eigenvalue weighted by molar-refractivity contribution is -0.141. The predicted octanol–water partition coefficient (Wildman–Crippen LogP) is -0.459. The Labute approximate surface area is 83.9 Å². The van der Waals surface area contributed by atoms with Crippen molar-refractivity contribution in [3.05, 3.63) is 0 Å². The number of carboxylic acids is 1. The normalized spacial score (nSPS) is 13.9. The van der Waals surface area contributed by atoms with Crippen LogP contribution in [-0.2, 0) is 15.0 Å². The Hall–Kier alpha value is -0.660. The van der Waals surface area contributed by atoms with E-state index in [4.69, 9.17) is 5.11 Å². The van der Waals surface area contributed by atoms with Crippen molar-refractivity contribution in [2.45, 2.75) is 19.8 Å². The summed E-state index contributed by atoms with van der Waals surface area (Å²) in [4.78, 5) is 10.6. The van der Waals surface area contributed by atoms with Gasteiger partial charge in [-0.05, 0) is 6.42 Å². The van der Waals surface area contributed by atoms with Gasteiger partial charge in [-0.2, -0.15) is 8.42 Å². The summed E-state index contributed by atoms with van der Waals surface area (Å²) in [5.74, 6) is -1.64. The van der Waals surface area contributed by atoms with Crippen molar-refractivity contribution in [2.75, 3.05) is 13.6 Å². The van der Waals surface area contributed by atoms with Gasteiger partial charge in [0.05, 0.1) is 5.92 Å². The first-order valence-corrected chi connectivity index (χ1v) is 5.82. The zero-order valence-electron chi connectivity index (χ0n) is 8.28. The minimum atomic E-state index is -3.53. The summed E-state index contributed by atoms with van der Waals surface area (Å²) in [6, 6.07) is 0. The van der Waals surface area contributed by atoms with Crippen LogP contribution < -0.4 is 9.44 Å². The monoisotopic (exact) mass is 224 g/mol. The summed E-state index contributed by atoms with van der Waals surface area (Å²) in [6.07, 6.45) is 1.17. The van der Waals surface area contributed by atoms with Gasteiger partial charge in [-0.25, -0.2) is 9.44 Å². The van der Waals surface area contributed by atoms with Gasteiger partial charge in [0.2, 0.25) is 0 Å². The van der Waals surface area contributed by atoms with Crippen molar-refractivity contribution in [1.82, 2.24) is 9.44 Å². The van der Waals surface area contributed by atoms with E-state index in [0.717, 1.165) is 0 Å². The van der Waals surface area contributed by atoms with Crippen LogP contribution in [0.1, 0.15) is 19.8 Å². The first-order chi connectivity index (χ1) is 6.43. The van der Waals surface area contributed by atoms with E-state index in [0.29, 0.717) is 12.8 Å². The van der Waals surface area contributed by atoms with E-state index in [1.54, 1.807) is 0 Å². The fourth-order valence-corrected chi connectivity index (χ4v) is 1.51. The molecule has 0 fully saturated rings. The van der Waals surface area contributed by atoms with E-state index in [9.17, 15) is 13.2 Å². The Morgan fingerprint density at radius 2 is 2.07 bits per heavy atom. The number of hydrogen-bond acceptors (Lipinski definition) is 3. The molecule has 0 aliphatic carbocycles. The lowest BCUT2D eigenvalue weighted by Gasteiger charge is -2.11. The van der Waals surface area contributed by atoms with Crippen molar-refractivity contribution in [2.24, 2.45) is 5.92 Å². The molecule has 0 aromatic heterocycles. The molecule has 3 N–H and O–H groups in total. The number of carboxylic acid groups (broad SMARTS) is 1. The van der Waals surface area contributed by atoms with Crippen molar-refractivity contribution >= 4 is 16.2 Å². The third-order valence-corrected chi connectivity index (χ3v) is 2.86. The van der Waals surface area contributed by atoms with E-state index in [2.05, 4.69) is 4.72 Å². The molecule has 0 radical (unpaired) electrons. The smallest absolute Gasteiger partial charge is 0.307 e. The van der Waals surface area contributed by atoms with Gasteiger partial charge in [0.15, 0.2) is 0 Å². The topological polar surface area (TPSA) is 95.5 Å². The molecule has 84 valence electrons. The molecule has 6 nitrogen and oxygen atoms in total. The van der Waals surface area contributed by atoms with Crippen LogP contribution in [0.3, 0.4) is 0 Å². The predicted molar refractivity (Wildman–Crippen MR) is 52.0 cm³/mol. The van der Waals surface area contributed by atoms with Gasteiger partial charge < -0.3 is 5.11 Å². The summed E-state index contributed by atoms with van der Waals surface area (Å²) in [6.45, 7) is 1.77. The van der Waals surface area contributed by atoms with Crippen LogP contribution in [0, 0.1) is 5.92 Å². The quantitative estimate of drug-likeness (QED) is 0.545. The molecular weight excluding hydrogens is 208 g/mol. The molecule has 0 aromatic carbocycles. The summed E-state index contributed by atoms with van der Waals surface area (Å²) < 4.78 is 26.0. The molecular formula is C7H16N2O4S. The van der Waals surface area contributed by atoms with E-state index in [1.165, 1.54) is 7.05 Å². The highest BCUT2D eigenvalue weighted by atomic mass is 32.2. The fraction of sp³-hybridized carbons (Fsp3) is 0.857. The zero-order valence-corrected chi connectivity index (χ0v) is 9.10. The van der Waals surface area contributed by atoms with Crippen LogP contribution in [0.25, 0.3) is 0 Å². The molecule has 0 heterocycles. The van der Waals surface area contributed by atoms with Gasteiger partial charge in [0, 0.05) is 13.6 Å². The Balaban J connectivity index is 4.13. The van der Waals surface area contributed by atoms with Crippen LogP contribution >= 0.6 is 0 Å². The Morgan fingerprint density at radius 1 is 1.50 bits per heavy atom. The second kappa shape index (κ2) is 5.94. The number of rotatable bonds is 7. The first-order valence-electron chi connectivity index (χ1n) is 4.34. The molecule has 0 aliphatic rings. The lowest BCUT2D eigenvalue weighted by Crippen LogP contribution is -2.38. The number of nitrogens with one attached hydrogen (secondary N) is 2. The molecule has 1 unspecified atom stereocenters. The van der Waals surface area contributed by atoms with Gasteiger partial charge in [-0.15, -0.1) is 0 Å². The minimum Gasteiger partial charge on any atom is -0.481 e. The maximum atomic E-state index is 10.9. The van der Waals surface area contributed by atoms with Crippen LogP contribution in [0.4, 0.5) is 0 Å². The summed E-state index contributed by atoms with van der Waals surface area (Å²) >= 11 is 0. The highest BCUT2D eigenvalue weighted by Crippen LogP contribution is 2.05. The van der Waals surface area contributed by atoms with E-state index in [1.807, 2.05) is 11.6 Å². The molecule has 0 bridgehead atoms. The second-order valence-electron chi connectivity index (χ2n) is 2.88. The van der Waals surface area contributed by atoms with Crippen molar-refractivity contribution in [3.63, 3.8) is 0 Å². The summed E-state index contributed by atoms with van der Waals surface area (Å²) in [5.41, 5.74) is 0. The molecule has 0 aromatic rings. The second-order valence-corrected chi connectivity index (χ2v) is 4.58. The molecule has 0 rings (SSSR count). The van der Waals surface area contributed by atoms with Crippen molar-refractivity contribution < 1.29 is 18.3 Å². The Kier molecular flexibility index (Phi) is 5.66. The minimum absolute atomic E-state index is 0.0770. The molecule has 0 aliphatic heterocycles. The highest BCUT2D eigenvalue weighted by molar-refractivity contribution is 7.87. The van der Waals surface area contributed by atoms with Crippen molar-refractivity contribution in [3.8, 4) is 0 Å². The number of aliphatic carboxylic acids is 1. The van der Waals surface area contributed by atoms with Crippen LogP contribution in [-0.4, -0.2) is 33.1 Å². The third-order valence-electron chi connectivity index (χ3n) is 1.77. The third kappa shape index (κ3) is 5.15. The molecule has 0 amide bonds. The molecule has 0 saturated heterocycles. The fourth-order valence-electron chi connectivity index (χ4n) is 0.944. The van der Waals surface area contributed by atoms with E-state index < -0.39 is 22.1 Å². The SMILES string of the molecule is CCCC(CNS(=O)(=O)NC)C(=O)O. The number of hydrogen-bond donors (Lipinski definition) is 3. The largest absolute Gasteiger partial charge is 0.481 e. The standard InChI is InChI=1S/C7H16N2O4S/c1-3-4-6(7(10)11)5-9-14(12,13)8-2/h6,8-9H,3-5H2,1-2H3,(H,10,11). The highest BCUT2D eigenvalue weighted by Gasteiger charge is 2.18. The van der Waals surface area contributed by atoms with Crippen LogP contribution in [0.2, 0.25) is 0 Å². The van der Waals surface area contributed by atoms with Gasteiger partial charge in [-0.3, -0.25) is 4.79 Å². The average molecular weight is 224 g/mol. The van der Waals surface area contributed by atoms with E-state index in [-0.39, 0.29) is 6.54 Å².